The molecule has 8 nitrogen and oxygen atoms in total. The number of carbonyl (C=O) groups is 2. The van der Waals surface area contributed by atoms with Crippen molar-refractivity contribution in [3.05, 3.63) is 0 Å². The molecule has 0 unspecified atom stereocenters. The Labute approximate surface area is 130 Å². The first-order chi connectivity index (χ1) is 9.90. The van der Waals surface area contributed by atoms with Gasteiger partial charge in [0.2, 0.25) is 0 Å². The van der Waals surface area contributed by atoms with Gasteiger partial charge >= 0.3 is 0 Å². The van der Waals surface area contributed by atoms with Crippen molar-refractivity contribution in [2.75, 3.05) is 11.5 Å². The minimum absolute atomic E-state index is 0.458. The highest BCUT2D eigenvalue weighted by Crippen LogP contribution is 2.34. The fourth-order valence-electron chi connectivity index (χ4n) is 3.12. The average molecular weight is 352 g/mol. The van der Waals surface area contributed by atoms with Crippen molar-refractivity contribution < 1.29 is 26.4 Å². The van der Waals surface area contributed by atoms with Crippen molar-refractivity contribution in [1.82, 2.24) is 10.0 Å². The summed E-state index contributed by atoms with van der Waals surface area (Å²) in [7, 11) is -7.49. The van der Waals surface area contributed by atoms with Gasteiger partial charge in [0.05, 0.1) is 0 Å². The lowest BCUT2D eigenvalue weighted by Crippen LogP contribution is -2.56. The first-order valence-corrected chi connectivity index (χ1v) is 10.4. The lowest BCUT2D eigenvalue weighted by atomic mass is 10.2. The van der Waals surface area contributed by atoms with Crippen LogP contribution in [0.15, 0.2) is 0 Å². The Balaban J connectivity index is 2.57. The Hall–Kier alpha value is -1.16. The van der Waals surface area contributed by atoms with Crippen LogP contribution in [0.3, 0.4) is 0 Å². The van der Waals surface area contributed by atoms with E-state index in [0.29, 0.717) is 0 Å². The van der Waals surface area contributed by atoms with Crippen molar-refractivity contribution in [2.24, 2.45) is 11.8 Å². The predicted molar refractivity (Wildman–Crippen MR) is 78.5 cm³/mol. The topological polar surface area (TPSA) is 109 Å². The second-order valence-corrected chi connectivity index (χ2v) is 10.6. The van der Waals surface area contributed by atoms with E-state index in [0.717, 1.165) is 10.0 Å². The second-order valence-electron chi connectivity index (χ2n) is 6.36. The Morgan fingerprint density at radius 2 is 1.05 bits per heavy atom. The van der Waals surface area contributed by atoms with E-state index in [2.05, 4.69) is 0 Å². The van der Waals surface area contributed by atoms with Crippen molar-refractivity contribution in [3.63, 3.8) is 0 Å². The lowest BCUT2D eigenvalue weighted by molar-refractivity contribution is -0.163. The molecular formula is C12H20N2O6S2. The van der Waals surface area contributed by atoms with Crippen molar-refractivity contribution in [2.45, 2.75) is 38.4 Å². The molecule has 0 aromatic carbocycles. The van der Waals surface area contributed by atoms with Crippen LogP contribution in [-0.4, -0.2) is 60.9 Å². The van der Waals surface area contributed by atoms with E-state index in [4.69, 9.17) is 0 Å². The van der Waals surface area contributed by atoms with Gasteiger partial charge in [0, 0.05) is 0 Å². The molecule has 0 aromatic heterocycles. The van der Waals surface area contributed by atoms with E-state index in [-0.39, 0.29) is 0 Å². The molecule has 0 bridgehead atoms. The largest absolute Gasteiger partial charge is 0.272 e. The second kappa shape index (κ2) is 5.19. The molecule has 0 aliphatic carbocycles. The molecule has 2 rings (SSSR count). The number of carbonyl (C=O) groups excluding carboxylic acids is 2. The van der Waals surface area contributed by atoms with Gasteiger partial charge in [-0.1, -0.05) is 27.7 Å². The van der Waals surface area contributed by atoms with Gasteiger partial charge in [-0.15, -0.1) is 0 Å². The fourth-order valence-corrected chi connectivity index (χ4v) is 7.11. The predicted octanol–water partition coefficient (Wildman–Crippen LogP) is -0.620. The minimum atomic E-state index is -3.74. The summed E-state index contributed by atoms with van der Waals surface area (Å²) in [5.41, 5.74) is 0. The SMILES string of the molecule is CC(C)[C@@H]1N(N2C(=O)CS(=O)(=O)[C@H]2C(C)C)C(=O)CS1(=O)=O. The summed E-state index contributed by atoms with van der Waals surface area (Å²) in [5.74, 6) is -3.83. The van der Waals surface area contributed by atoms with Gasteiger partial charge in [-0.3, -0.25) is 9.59 Å². The molecule has 0 radical (unpaired) electrons. The molecule has 2 atom stereocenters. The third kappa shape index (κ3) is 2.51. The molecule has 10 heteroatoms. The fraction of sp³-hybridized carbons (Fsp3) is 0.833. The zero-order valence-electron chi connectivity index (χ0n) is 12.9. The van der Waals surface area contributed by atoms with E-state index in [1.54, 1.807) is 27.7 Å². The zero-order chi connectivity index (χ0) is 17.0. The summed E-state index contributed by atoms with van der Waals surface area (Å²) in [6, 6.07) is 0. The van der Waals surface area contributed by atoms with Crippen molar-refractivity contribution in [1.29, 1.82) is 0 Å². The van der Waals surface area contributed by atoms with Gasteiger partial charge in [0.25, 0.3) is 11.8 Å². The molecule has 0 aromatic rings. The van der Waals surface area contributed by atoms with Crippen LogP contribution < -0.4 is 0 Å². The molecule has 2 amide bonds. The molecule has 2 fully saturated rings. The van der Waals surface area contributed by atoms with Gasteiger partial charge in [-0.2, -0.15) is 0 Å². The van der Waals surface area contributed by atoms with Crippen LogP contribution in [0.4, 0.5) is 0 Å². The lowest BCUT2D eigenvalue weighted by Gasteiger charge is -2.37. The molecule has 126 valence electrons. The summed E-state index contributed by atoms with van der Waals surface area (Å²) < 4.78 is 48.7. The third-order valence-corrected chi connectivity index (χ3v) is 8.01. The first kappa shape index (κ1) is 17.2. The normalized spacial score (nSPS) is 30.8. The van der Waals surface area contributed by atoms with Crippen LogP contribution in [0.5, 0.6) is 0 Å². The molecule has 2 aliphatic rings. The van der Waals surface area contributed by atoms with Crippen LogP contribution in [0.1, 0.15) is 27.7 Å². The van der Waals surface area contributed by atoms with Gasteiger partial charge < -0.3 is 0 Å². The number of nitrogens with zero attached hydrogens (tertiary/aromatic N) is 2. The van der Waals surface area contributed by atoms with Crippen LogP contribution in [-0.2, 0) is 29.3 Å². The molecular weight excluding hydrogens is 332 g/mol. The molecule has 0 saturated carbocycles. The number of hydrogen-bond acceptors (Lipinski definition) is 6. The quantitative estimate of drug-likeness (QED) is 0.670. The van der Waals surface area contributed by atoms with E-state index in [1.807, 2.05) is 0 Å². The van der Waals surface area contributed by atoms with Gasteiger partial charge in [0.15, 0.2) is 30.4 Å². The molecule has 0 N–H and O–H groups in total. The van der Waals surface area contributed by atoms with E-state index in [9.17, 15) is 26.4 Å². The third-order valence-electron chi connectivity index (χ3n) is 3.75. The summed E-state index contributed by atoms with van der Waals surface area (Å²) in [6.45, 7) is 6.47. The van der Waals surface area contributed by atoms with Gasteiger partial charge in [-0.05, 0) is 11.8 Å². The maximum absolute atomic E-state index is 12.2. The standard InChI is InChI=1S/C12H20N2O6S2/c1-7(2)11-13(9(15)5-21(11,17)18)14-10(16)6-22(19,20)12(14)8(3)4/h7-8,11-12H,5-6H2,1-4H3/t11-,12+. The van der Waals surface area contributed by atoms with Crippen LogP contribution in [0.25, 0.3) is 0 Å². The number of sulfone groups is 2. The van der Waals surface area contributed by atoms with Crippen molar-refractivity contribution >= 4 is 31.5 Å². The zero-order valence-corrected chi connectivity index (χ0v) is 14.5. The average Bonchev–Trinajstić information content (AvgIpc) is 2.66. The Morgan fingerprint density at radius 3 is 1.27 bits per heavy atom. The molecule has 2 aliphatic heterocycles. The molecule has 0 spiro atoms. The molecule has 2 saturated heterocycles. The van der Waals surface area contributed by atoms with Crippen LogP contribution >= 0.6 is 0 Å². The summed E-state index contributed by atoms with van der Waals surface area (Å²) in [6.07, 6.45) is 0. The number of amides is 2. The van der Waals surface area contributed by atoms with Crippen LogP contribution in [0, 0.1) is 11.8 Å². The maximum atomic E-state index is 12.2. The Morgan fingerprint density at radius 1 is 0.773 bits per heavy atom. The number of hydrogen-bond donors (Lipinski definition) is 0. The van der Waals surface area contributed by atoms with Gasteiger partial charge in [0.1, 0.15) is 11.5 Å². The number of rotatable bonds is 3. The minimum Gasteiger partial charge on any atom is -0.272 e. The highest BCUT2D eigenvalue weighted by Gasteiger charge is 2.56. The van der Waals surface area contributed by atoms with E-state index in [1.165, 1.54) is 0 Å². The van der Waals surface area contributed by atoms with Gasteiger partial charge in [-0.25, -0.2) is 26.9 Å². The molecule has 2 heterocycles. The summed E-state index contributed by atoms with van der Waals surface area (Å²) in [5, 5.41) is -0.702. The highest BCUT2D eigenvalue weighted by molar-refractivity contribution is 7.93. The Kier molecular flexibility index (Phi) is 4.06. The summed E-state index contributed by atoms with van der Waals surface area (Å²) in [4.78, 5) is 24.3. The highest BCUT2D eigenvalue weighted by atomic mass is 32.2. The maximum Gasteiger partial charge on any atom is 0.257 e. The van der Waals surface area contributed by atoms with Crippen molar-refractivity contribution in [3.8, 4) is 0 Å². The van der Waals surface area contributed by atoms with E-state index >= 15 is 0 Å². The smallest absolute Gasteiger partial charge is 0.257 e. The summed E-state index contributed by atoms with van der Waals surface area (Å²) >= 11 is 0. The number of hydrazine groups is 1. The van der Waals surface area contributed by atoms with Crippen LogP contribution in [0.2, 0.25) is 0 Å². The Bertz CT molecular complexity index is 648. The van der Waals surface area contributed by atoms with E-state index < -0.39 is 65.6 Å². The first-order valence-electron chi connectivity index (χ1n) is 6.97. The monoisotopic (exact) mass is 352 g/mol. The molecule has 22 heavy (non-hydrogen) atoms.